The Morgan fingerprint density at radius 1 is 1.38 bits per heavy atom. The maximum absolute atomic E-state index is 5.79. The standard InChI is InChI=1S/C14H23NO/c1-5-11-6-7-13(16-11)12-8-10(12)9-15-14(2,3)4/h6-7,10,12,15H,5,8-9H2,1-4H3. The van der Waals surface area contributed by atoms with Gasteiger partial charge in [-0.1, -0.05) is 6.92 Å². The van der Waals surface area contributed by atoms with Crippen LogP contribution in [0.1, 0.15) is 51.6 Å². The maximum atomic E-state index is 5.79. The molecule has 1 heterocycles. The molecule has 1 fully saturated rings. The van der Waals surface area contributed by atoms with Crippen molar-refractivity contribution in [3.63, 3.8) is 0 Å². The maximum Gasteiger partial charge on any atom is 0.107 e. The minimum Gasteiger partial charge on any atom is -0.466 e. The Hall–Kier alpha value is -0.760. The molecule has 2 unspecified atom stereocenters. The summed E-state index contributed by atoms with van der Waals surface area (Å²) in [5, 5.41) is 3.56. The molecule has 16 heavy (non-hydrogen) atoms. The third-order valence-corrected chi connectivity index (χ3v) is 3.21. The van der Waals surface area contributed by atoms with E-state index in [1.165, 1.54) is 12.2 Å². The lowest BCUT2D eigenvalue weighted by molar-refractivity contribution is 0.407. The van der Waals surface area contributed by atoms with Gasteiger partial charge in [0.25, 0.3) is 0 Å². The Bertz CT molecular complexity index is 348. The van der Waals surface area contributed by atoms with E-state index in [0.717, 1.165) is 24.6 Å². The molecule has 1 aliphatic rings. The summed E-state index contributed by atoms with van der Waals surface area (Å²) in [4.78, 5) is 0. The zero-order chi connectivity index (χ0) is 11.8. The van der Waals surface area contributed by atoms with Crippen molar-refractivity contribution >= 4 is 0 Å². The second-order valence-electron chi connectivity index (χ2n) is 5.89. The summed E-state index contributed by atoms with van der Waals surface area (Å²) in [7, 11) is 0. The Morgan fingerprint density at radius 3 is 2.69 bits per heavy atom. The molecule has 0 spiro atoms. The topological polar surface area (TPSA) is 25.2 Å². The molecule has 2 nitrogen and oxygen atoms in total. The Balaban J connectivity index is 1.82. The summed E-state index contributed by atoms with van der Waals surface area (Å²) in [5.41, 5.74) is 0.227. The second-order valence-corrected chi connectivity index (χ2v) is 5.89. The summed E-state index contributed by atoms with van der Waals surface area (Å²) < 4.78 is 5.79. The second kappa shape index (κ2) is 4.25. The molecule has 1 aromatic rings. The van der Waals surface area contributed by atoms with Gasteiger partial charge in [-0.15, -0.1) is 0 Å². The average molecular weight is 221 g/mol. The molecule has 0 radical (unpaired) electrons. The third kappa shape index (κ3) is 2.88. The highest BCUT2D eigenvalue weighted by atomic mass is 16.3. The van der Waals surface area contributed by atoms with Crippen molar-refractivity contribution in [1.82, 2.24) is 5.32 Å². The van der Waals surface area contributed by atoms with Crippen LogP contribution in [0, 0.1) is 5.92 Å². The number of nitrogens with one attached hydrogen (secondary N) is 1. The van der Waals surface area contributed by atoms with Crippen LogP contribution in [0.15, 0.2) is 16.5 Å². The fraction of sp³-hybridized carbons (Fsp3) is 0.714. The van der Waals surface area contributed by atoms with Gasteiger partial charge < -0.3 is 9.73 Å². The molecular weight excluding hydrogens is 198 g/mol. The normalized spacial score (nSPS) is 24.8. The number of hydrogen-bond acceptors (Lipinski definition) is 2. The van der Waals surface area contributed by atoms with Gasteiger partial charge in [-0.3, -0.25) is 0 Å². The van der Waals surface area contributed by atoms with Crippen LogP contribution >= 0.6 is 0 Å². The first-order valence-electron chi connectivity index (χ1n) is 6.33. The van der Waals surface area contributed by atoms with E-state index in [9.17, 15) is 0 Å². The molecule has 2 heteroatoms. The minimum absolute atomic E-state index is 0.227. The molecule has 1 aromatic heterocycles. The zero-order valence-corrected chi connectivity index (χ0v) is 10.8. The van der Waals surface area contributed by atoms with E-state index in [1.807, 2.05) is 0 Å². The lowest BCUT2D eigenvalue weighted by Gasteiger charge is -2.20. The first kappa shape index (κ1) is 11.7. The quantitative estimate of drug-likeness (QED) is 0.843. The highest BCUT2D eigenvalue weighted by Gasteiger charge is 2.40. The fourth-order valence-electron chi connectivity index (χ4n) is 2.04. The van der Waals surface area contributed by atoms with Gasteiger partial charge in [0.15, 0.2) is 0 Å². The van der Waals surface area contributed by atoms with Crippen molar-refractivity contribution in [2.75, 3.05) is 6.54 Å². The molecule has 2 atom stereocenters. The van der Waals surface area contributed by atoms with Gasteiger partial charge in [0.2, 0.25) is 0 Å². The zero-order valence-electron chi connectivity index (χ0n) is 10.8. The molecule has 90 valence electrons. The molecule has 0 aliphatic heterocycles. The van der Waals surface area contributed by atoms with Crippen molar-refractivity contribution in [3.8, 4) is 0 Å². The highest BCUT2D eigenvalue weighted by Crippen LogP contribution is 2.47. The van der Waals surface area contributed by atoms with Crippen molar-refractivity contribution < 1.29 is 4.42 Å². The van der Waals surface area contributed by atoms with Crippen LogP contribution in [0.25, 0.3) is 0 Å². The SMILES string of the molecule is CCc1ccc(C2CC2CNC(C)(C)C)o1. The largest absolute Gasteiger partial charge is 0.466 e. The molecule has 1 saturated carbocycles. The molecular formula is C14H23NO. The van der Waals surface area contributed by atoms with Crippen LogP contribution < -0.4 is 5.32 Å². The van der Waals surface area contributed by atoms with Gasteiger partial charge in [0, 0.05) is 17.9 Å². The summed E-state index contributed by atoms with van der Waals surface area (Å²) in [6.45, 7) is 9.88. The summed E-state index contributed by atoms with van der Waals surface area (Å²) >= 11 is 0. The van der Waals surface area contributed by atoms with Gasteiger partial charge in [-0.25, -0.2) is 0 Å². The Morgan fingerprint density at radius 2 is 2.12 bits per heavy atom. The molecule has 0 amide bonds. The van der Waals surface area contributed by atoms with Gasteiger partial charge in [0.05, 0.1) is 0 Å². The first-order valence-corrected chi connectivity index (χ1v) is 6.33. The monoisotopic (exact) mass is 221 g/mol. The fourth-order valence-corrected chi connectivity index (χ4v) is 2.04. The van der Waals surface area contributed by atoms with Crippen LogP contribution in [0.2, 0.25) is 0 Å². The summed E-state index contributed by atoms with van der Waals surface area (Å²) in [5.74, 6) is 3.74. The summed E-state index contributed by atoms with van der Waals surface area (Å²) in [6, 6.07) is 4.27. The molecule has 0 saturated heterocycles. The lowest BCUT2D eigenvalue weighted by atomic mass is 10.1. The van der Waals surface area contributed by atoms with E-state index in [2.05, 4.69) is 45.1 Å². The number of rotatable bonds is 4. The van der Waals surface area contributed by atoms with E-state index in [4.69, 9.17) is 4.42 Å². The third-order valence-electron chi connectivity index (χ3n) is 3.21. The predicted octanol–water partition coefficient (Wildman–Crippen LogP) is 3.33. The van der Waals surface area contributed by atoms with Crippen LogP contribution in [0.4, 0.5) is 0 Å². The van der Waals surface area contributed by atoms with Crippen molar-refractivity contribution in [1.29, 1.82) is 0 Å². The van der Waals surface area contributed by atoms with Gasteiger partial charge in [-0.2, -0.15) is 0 Å². The number of furan rings is 1. The molecule has 2 rings (SSSR count). The van der Waals surface area contributed by atoms with E-state index in [1.54, 1.807) is 0 Å². The van der Waals surface area contributed by atoms with Crippen molar-refractivity contribution in [2.45, 2.75) is 52.0 Å². The van der Waals surface area contributed by atoms with E-state index >= 15 is 0 Å². The molecule has 0 bridgehead atoms. The number of aryl methyl sites for hydroxylation is 1. The summed E-state index contributed by atoms with van der Waals surface area (Å²) in [6.07, 6.45) is 2.28. The lowest BCUT2D eigenvalue weighted by Crippen LogP contribution is -2.37. The van der Waals surface area contributed by atoms with E-state index in [-0.39, 0.29) is 5.54 Å². The van der Waals surface area contributed by atoms with Crippen LogP contribution in [-0.4, -0.2) is 12.1 Å². The highest BCUT2D eigenvalue weighted by molar-refractivity contribution is 5.18. The first-order chi connectivity index (χ1) is 7.49. The van der Waals surface area contributed by atoms with Gasteiger partial charge in [-0.05, 0) is 51.8 Å². The van der Waals surface area contributed by atoms with Crippen molar-refractivity contribution in [3.05, 3.63) is 23.7 Å². The van der Waals surface area contributed by atoms with E-state index in [0.29, 0.717) is 5.92 Å². The minimum atomic E-state index is 0.227. The van der Waals surface area contributed by atoms with Crippen LogP contribution in [0.3, 0.4) is 0 Å². The van der Waals surface area contributed by atoms with Crippen molar-refractivity contribution in [2.24, 2.45) is 5.92 Å². The van der Waals surface area contributed by atoms with Gasteiger partial charge >= 0.3 is 0 Å². The predicted molar refractivity (Wildman–Crippen MR) is 66.7 cm³/mol. The Kier molecular flexibility index (Phi) is 3.11. The van der Waals surface area contributed by atoms with E-state index < -0.39 is 0 Å². The van der Waals surface area contributed by atoms with Crippen LogP contribution in [0.5, 0.6) is 0 Å². The molecule has 1 N–H and O–H groups in total. The average Bonchev–Trinajstić information content (AvgIpc) is 2.83. The van der Waals surface area contributed by atoms with Crippen LogP contribution in [-0.2, 0) is 6.42 Å². The molecule has 1 aliphatic carbocycles. The van der Waals surface area contributed by atoms with Gasteiger partial charge in [0.1, 0.15) is 11.5 Å². The smallest absolute Gasteiger partial charge is 0.107 e. The molecule has 0 aromatic carbocycles. The number of hydrogen-bond donors (Lipinski definition) is 1. The Labute approximate surface area is 98.4 Å².